The van der Waals surface area contributed by atoms with Crippen LogP contribution in [-0.2, 0) is 5.75 Å². The van der Waals surface area contributed by atoms with E-state index in [2.05, 4.69) is 34.3 Å². The lowest BCUT2D eigenvalue weighted by Crippen LogP contribution is -2.07. The predicted octanol–water partition coefficient (Wildman–Crippen LogP) is 4.55. The summed E-state index contributed by atoms with van der Waals surface area (Å²) >= 11 is 3.19. The normalized spacial score (nSPS) is 11.1. The summed E-state index contributed by atoms with van der Waals surface area (Å²) in [5.41, 5.74) is 1.89. The molecule has 2 aromatic heterocycles. The number of thioether (sulfide) groups is 1. The van der Waals surface area contributed by atoms with Crippen LogP contribution < -0.4 is 5.32 Å². The number of nitrogens with zero attached hydrogens (tertiary/aromatic N) is 3. The molecule has 0 bridgehead atoms. The van der Waals surface area contributed by atoms with Gasteiger partial charge in [0.25, 0.3) is 0 Å². The molecular formula is C16H18N4OS2. The predicted molar refractivity (Wildman–Crippen MR) is 94.7 cm³/mol. The molecule has 120 valence electrons. The van der Waals surface area contributed by atoms with Gasteiger partial charge in [-0.1, -0.05) is 55.1 Å². The molecule has 23 heavy (non-hydrogen) atoms. The molecule has 0 spiro atoms. The number of nitrogens with one attached hydrogen (secondary N) is 1. The van der Waals surface area contributed by atoms with Crippen molar-refractivity contribution in [3.63, 3.8) is 0 Å². The molecule has 0 aliphatic carbocycles. The van der Waals surface area contributed by atoms with Crippen molar-refractivity contribution in [1.82, 2.24) is 15.2 Å². The van der Waals surface area contributed by atoms with Crippen LogP contribution in [0.2, 0.25) is 0 Å². The topological polar surface area (TPSA) is 63.8 Å². The van der Waals surface area contributed by atoms with E-state index >= 15 is 0 Å². The van der Waals surface area contributed by atoms with E-state index in [1.807, 2.05) is 30.3 Å². The van der Waals surface area contributed by atoms with Crippen LogP contribution in [0.4, 0.5) is 5.13 Å². The Morgan fingerprint density at radius 2 is 2.04 bits per heavy atom. The maximum atomic E-state index is 5.54. The van der Waals surface area contributed by atoms with Gasteiger partial charge in [-0.3, -0.25) is 0 Å². The maximum absolute atomic E-state index is 5.54. The Hall–Kier alpha value is -1.86. The van der Waals surface area contributed by atoms with E-state index in [4.69, 9.17) is 4.42 Å². The van der Waals surface area contributed by atoms with Gasteiger partial charge in [0.1, 0.15) is 6.26 Å². The van der Waals surface area contributed by atoms with Crippen LogP contribution in [0.1, 0.15) is 19.5 Å². The van der Waals surface area contributed by atoms with E-state index in [-0.39, 0.29) is 0 Å². The molecular weight excluding hydrogens is 328 g/mol. The van der Waals surface area contributed by atoms with Crippen molar-refractivity contribution in [2.75, 3.05) is 11.9 Å². The molecule has 0 saturated carbocycles. The number of rotatable bonds is 7. The number of oxazole rings is 1. The molecule has 0 unspecified atom stereocenters. The van der Waals surface area contributed by atoms with E-state index in [0.29, 0.717) is 11.8 Å². The second kappa shape index (κ2) is 7.61. The zero-order valence-electron chi connectivity index (χ0n) is 13.0. The van der Waals surface area contributed by atoms with Crippen LogP contribution in [0.25, 0.3) is 11.5 Å². The first-order valence-corrected chi connectivity index (χ1v) is 9.21. The van der Waals surface area contributed by atoms with Gasteiger partial charge in [0.05, 0.1) is 5.69 Å². The Morgan fingerprint density at radius 3 is 2.83 bits per heavy atom. The maximum Gasteiger partial charge on any atom is 0.226 e. The van der Waals surface area contributed by atoms with E-state index in [0.717, 1.165) is 33.0 Å². The molecule has 0 amide bonds. The van der Waals surface area contributed by atoms with Gasteiger partial charge in [-0.05, 0) is 18.1 Å². The standard InChI is InChI=1S/C16H18N4OS2/c1-11(2)8-17-15-19-20-16(23-15)22-10-13-9-21-14(18-13)12-6-4-3-5-7-12/h3-7,9,11H,8,10H2,1-2H3,(H,17,19). The van der Waals surface area contributed by atoms with E-state index in [1.165, 1.54) is 0 Å². The first-order valence-electron chi connectivity index (χ1n) is 7.40. The summed E-state index contributed by atoms with van der Waals surface area (Å²) in [6, 6.07) is 9.89. The van der Waals surface area contributed by atoms with Crippen LogP contribution in [0.15, 0.2) is 45.4 Å². The average Bonchev–Trinajstić information content (AvgIpc) is 3.21. The summed E-state index contributed by atoms with van der Waals surface area (Å²) in [6.45, 7) is 5.24. The zero-order chi connectivity index (χ0) is 16.1. The molecule has 1 aromatic carbocycles. The fourth-order valence-corrected chi connectivity index (χ4v) is 3.49. The van der Waals surface area contributed by atoms with Crippen LogP contribution in [-0.4, -0.2) is 21.7 Å². The van der Waals surface area contributed by atoms with Crippen molar-refractivity contribution in [1.29, 1.82) is 0 Å². The molecule has 2 heterocycles. The third-order valence-corrected chi connectivity index (χ3v) is 5.03. The van der Waals surface area contributed by atoms with Crippen molar-refractivity contribution in [2.24, 2.45) is 5.92 Å². The highest BCUT2D eigenvalue weighted by molar-refractivity contribution is 8.00. The Morgan fingerprint density at radius 1 is 1.22 bits per heavy atom. The third-order valence-electron chi connectivity index (χ3n) is 2.98. The number of aromatic nitrogens is 3. The first-order chi connectivity index (χ1) is 11.2. The highest BCUT2D eigenvalue weighted by Gasteiger charge is 2.09. The Kier molecular flexibility index (Phi) is 5.30. The fourth-order valence-electron chi connectivity index (χ4n) is 1.85. The van der Waals surface area contributed by atoms with E-state index in [9.17, 15) is 0 Å². The Bertz CT molecular complexity index is 739. The summed E-state index contributed by atoms with van der Waals surface area (Å²) in [6.07, 6.45) is 1.70. The van der Waals surface area contributed by atoms with Gasteiger partial charge in [-0.2, -0.15) is 0 Å². The molecule has 0 atom stereocenters. The Balaban J connectivity index is 1.56. The van der Waals surface area contributed by atoms with Gasteiger partial charge in [0.2, 0.25) is 11.0 Å². The van der Waals surface area contributed by atoms with E-state index < -0.39 is 0 Å². The smallest absolute Gasteiger partial charge is 0.226 e. The number of hydrogen-bond acceptors (Lipinski definition) is 7. The summed E-state index contributed by atoms with van der Waals surface area (Å²) in [5, 5.41) is 12.5. The molecule has 3 rings (SSSR count). The molecule has 7 heteroatoms. The van der Waals surface area contributed by atoms with Crippen LogP contribution in [0.5, 0.6) is 0 Å². The summed E-state index contributed by atoms with van der Waals surface area (Å²) < 4.78 is 6.47. The molecule has 3 aromatic rings. The van der Waals surface area contributed by atoms with Crippen molar-refractivity contribution >= 4 is 28.2 Å². The highest BCUT2D eigenvalue weighted by Crippen LogP contribution is 2.29. The van der Waals surface area contributed by atoms with Crippen LogP contribution in [0.3, 0.4) is 0 Å². The van der Waals surface area contributed by atoms with Crippen LogP contribution >= 0.6 is 23.1 Å². The number of hydrogen-bond donors (Lipinski definition) is 1. The van der Waals surface area contributed by atoms with Crippen molar-refractivity contribution in [2.45, 2.75) is 23.9 Å². The fraction of sp³-hybridized carbons (Fsp3) is 0.312. The summed E-state index contributed by atoms with van der Waals surface area (Å²) in [7, 11) is 0. The highest BCUT2D eigenvalue weighted by atomic mass is 32.2. The van der Waals surface area contributed by atoms with Gasteiger partial charge in [-0.15, -0.1) is 10.2 Å². The molecule has 0 aliphatic heterocycles. The second-order valence-corrected chi connectivity index (χ2v) is 7.65. The summed E-state index contributed by atoms with van der Waals surface area (Å²) in [4.78, 5) is 4.52. The molecule has 0 radical (unpaired) electrons. The molecule has 0 aliphatic rings. The molecule has 0 fully saturated rings. The minimum Gasteiger partial charge on any atom is -0.444 e. The lowest BCUT2D eigenvalue weighted by Gasteiger charge is -2.03. The van der Waals surface area contributed by atoms with Gasteiger partial charge >= 0.3 is 0 Å². The molecule has 1 N–H and O–H groups in total. The number of anilines is 1. The largest absolute Gasteiger partial charge is 0.444 e. The van der Waals surface area contributed by atoms with Gasteiger partial charge in [-0.25, -0.2) is 4.98 Å². The summed E-state index contributed by atoms with van der Waals surface area (Å²) in [5.74, 6) is 1.95. The minimum absolute atomic E-state index is 0.585. The van der Waals surface area contributed by atoms with Gasteiger partial charge < -0.3 is 9.73 Å². The average molecular weight is 346 g/mol. The van der Waals surface area contributed by atoms with Crippen molar-refractivity contribution in [3.05, 3.63) is 42.3 Å². The number of benzene rings is 1. The van der Waals surface area contributed by atoms with Crippen molar-refractivity contribution in [3.8, 4) is 11.5 Å². The first kappa shape index (κ1) is 16.0. The van der Waals surface area contributed by atoms with E-state index in [1.54, 1.807) is 29.4 Å². The molecule has 5 nitrogen and oxygen atoms in total. The van der Waals surface area contributed by atoms with Gasteiger partial charge in [0, 0.05) is 17.9 Å². The minimum atomic E-state index is 0.585. The third kappa shape index (κ3) is 4.56. The monoisotopic (exact) mass is 346 g/mol. The van der Waals surface area contributed by atoms with Crippen LogP contribution in [0, 0.1) is 5.92 Å². The van der Waals surface area contributed by atoms with Crippen molar-refractivity contribution < 1.29 is 4.42 Å². The lowest BCUT2D eigenvalue weighted by molar-refractivity contribution is 0.573. The Labute approximate surface area is 143 Å². The van der Waals surface area contributed by atoms with Gasteiger partial charge in [0.15, 0.2) is 4.34 Å². The SMILES string of the molecule is CC(C)CNc1nnc(SCc2coc(-c3ccccc3)n2)s1. The molecule has 0 saturated heterocycles. The second-order valence-electron chi connectivity index (χ2n) is 5.45. The quantitative estimate of drug-likeness (QED) is 0.633. The zero-order valence-corrected chi connectivity index (χ0v) is 14.7. The lowest BCUT2D eigenvalue weighted by atomic mass is 10.2.